The average Bonchev–Trinajstić information content (AvgIpc) is 2.67. The fraction of sp³-hybridized carbons (Fsp3) is 0.739. The molecule has 1 fully saturated rings. The van der Waals surface area contributed by atoms with Gasteiger partial charge in [-0.3, -0.25) is 9.68 Å². The standard InChI is InChI=1S/C23H40N2O8/c1-15(2)20(28)30-11-18(26)13-32-25(17-9-22(5,6)24-23(7,8)10-17)33-14-19(27)12-31-21(29)16(3)4/h17-19,24,26-27H,1,3,9-14H2,2,4-8H3. The van der Waals surface area contributed by atoms with Gasteiger partial charge in [-0.1, -0.05) is 18.4 Å². The number of esters is 2. The third-order valence-corrected chi connectivity index (χ3v) is 4.77. The van der Waals surface area contributed by atoms with Crippen molar-refractivity contribution in [3.05, 3.63) is 24.3 Å². The first-order valence-corrected chi connectivity index (χ1v) is 11.0. The molecule has 0 aliphatic carbocycles. The lowest BCUT2D eigenvalue weighted by Crippen LogP contribution is -2.62. The highest BCUT2D eigenvalue weighted by Crippen LogP contribution is 2.32. The third-order valence-electron chi connectivity index (χ3n) is 4.77. The molecule has 1 saturated heterocycles. The molecule has 10 nitrogen and oxygen atoms in total. The molecule has 0 bridgehead atoms. The number of piperidine rings is 1. The molecule has 0 aromatic heterocycles. The summed E-state index contributed by atoms with van der Waals surface area (Å²) in [5.41, 5.74) is 0.0212. The largest absolute Gasteiger partial charge is 0.460 e. The third kappa shape index (κ3) is 11.2. The van der Waals surface area contributed by atoms with Gasteiger partial charge in [0.2, 0.25) is 0 Å². The number of hydrogen-bond donors (Lipinski definition) is 3. The number of nitrogens with one attached hydrogen (secondary N) is 1. The first-order valence-electron chi connectivity index (χ1n) is 11.0. The zero-order chi connectivity index (χ0) is 25.4. The van der Waals surface area contributed by atoms with Crippen LogP contribution in [0.1, 0.15) is 54.4 Å². The van der Waals surface area contributed by atoms with Gasteiger partial charge in [0, 0.05) is 22.2 Å². The first kappa shape index (κ1) is 29.2. The van der Waals surface area contributed by atoms with Gasteiger partial charge in [0.25, 0.3) is 0 Å². The molecule has 2 unspecified atom stereocenters. The highest BCUT2D eigenvalue weighted by molar-refractivity contribution is 5.87. The molecule has 33 heavy (non-hydrogen) atoms. The van der Waals surface area contributed by atoms with E-state index in [-0.39, 0.29) is 54.7 Å². The van der Waals surface area contributed by atoms with Crippen LogP contribution in [0, 0.1) is 0 Å². The predicted molar refractivity (Wildman–Crippen MR) is 122 cm³/mol. The fourth-order valence-corrected chi connectivity index (χ4v) is 3.67. The van der Waals surface area contributed by atoms with Gasteiger partial charge in [0.1, 0.15) is 38.6 Å². The maximum Gasteiger partial charge on any atom is 0.333 e. The Bertz CT molecular complexity index is 651. The molecule has 0 radical (unpaired) electrons. The van der Waals surface area contributed by atoms with Gasteiger partial charge in [-0.15, -0.1) is 0 Å². The number of aliphatic hydroxyl groups excluding tert-OH is 2. The number of hydrogen-bond acceptors (Lipinski definition) is 10. The Kier molecular flexibility index (Phi) is 11.1. The molecule has 0 saturated carbocycles. The lowest BCUT2D eigenvalue weighted by Gasteiger charge is -2.48. The number of rotatable bonds is 13. The topological polar surface area (TPSA) is 127 Å². The van der Waals surface area contributed by atoms with E-state index in [9.17, 15) is 19.8 Å². The van der Waals surface area contributed by atoms with Crippen molar-refractivity contribution in [2.24, 2.45) is 0 Å². The monoisotopic (exact) mass is 472 g/mol. The minimum absolute atomic E-state index is 0.199. The van der Waals surface area contributed by atoms with Gasteiger partial charge in [-0.2, -0.15) is 0 Å². The minimum Gasteiger partial charge on any atom is -0.460 e. The molecule has 0 spiro atoms. The Morgan fingerprint density at radius 2 is 1.24 bits per heavy atom. The molecule has 2 atom stereocenters. The van der Waals surface area contributed by atoms with E-state index in [0.717, 1.165) is 0 Å². The van der Waals surface area contributed by atoms with Crippen molar-refractivity contribution < 1.29 is 39.0 Å². The first-order chi connectivity index (χ1) is 15.1. The molecule has 3 N–H and O–H groups in total. The van der Waals surface area contributed by atoms with Crippen LogP contribution in [-0.4, -0.2) is 83.1 Å². The number of carbonyl (C=O) groups excluding carboxylic acids is 2. The summed E-state index contributed by atoms with van der Waals surface area (Å²) in [5, 5.41) is 25.2. The highest BCUT2D eigenvalue weighted by Gasteiger charge is 2.41. The van der Waals surface area contributed by atoms with Gasteiger partial charge in [-0.25, -0.2) is 9.59 Å². The van der Waals surface area contributed by atoms with Gasteiger partial charge >= 0.3 is 11.9 Å². The molecule has 1 aliphatic rings. The summed E-state index contributed by atoms with van der Waals surface area (Å²) in [6, 6.07) is -0.202. The smallest absolute Gasteiger partial charge is 0.333 e. The van der Waals surface area contributed by atoms with E-state index in [1.54, 1.807) is 0 Å². The molecular formula is C23H40N2O8. The quantitative estimate of drug-likeness (QED) is 0.206. The van der Waals surface area contributed by atoms with Gasteiger partial charge in [0.15, 0.2) is 0 Å². The van der Waals surface area contributed by atoms with E-state index in [4.69, 9.17) is 19.1 Å². The highest BCUT2D eigenvalue weighted by atomic mass is 17.0. The summed E-state index contributed by atoms with van der Waals surface area (Å²) in [6.07, 6.45) is -0.859. The number of carbonyl (C=O) groups is 2. The van der Waals surface area contributed by atoms with E-state index in [2.05, 4.69) is 46.2 Å². The molecule has 0 aromatic rings. The summed E-state index contributed by atoms with van der Waals surface area (Å²) >= 11 is 0. The van der Waals surface area contributed by atoms with Crippen molar-refractivity contribution >= 4 is 11.9 Å². The van der Waals surface area contributed by atoms with E-state index in [1.165, 1.54) is 19.1 Å². The fourth-order valence-electron chi connectivity index (χ4n) is 3.67. The van der Waals surface area contributed by atoms with Crippen LogP contribution in [0.15, 0.2) is 24.3 Å². The van der Waals surface area contributed by atoms with Crippen molar-refractivity contribution in [3.8, 4) is 0 Å². The van der Waals surface area contributed by atoms with Crippen LogP contribution in [0.4, 0.5) is 0 Å². The molecule has 0 aromatic carbocycles. The summed E-state index contributed by atoms with van der Waals surface area (Å²) < 4.78 is 9.90. The molecule has 1 heterocycles. The Morgan fingerprint density at radius 3 is 1.58 bits per heavy atom. The van der Waals surface area contributed by atoms with Gasteiger partial charge in [0.05, 0.1) is 6.04 Å². The molecule has 0 amide bonds. The van der Waals surface area contributed by atoms with Gasteiger partial charge in [-0.05, 0) is 54.4 Å². The molecule has 1 rings (SSSR count). The van der Waals surface area contributed by atoms with Gasteiger partial charge < -0.3 is 25.0 Å². The second kappa shape index (κ2) is 12.6. The zero-order valence-electron chi connectivity index (χ0n) is 20.7. The lowest BCUT2D eigenvalue weighted by atomic mass is 9.80. The van der Waals surface area contributed by atoms with E-state index < -0.39 is 24.1 Å². The Balaban J connectivity index is 2.75. The Hall–Kier alpha value is -1.82. The minimum atomic E-state index is -1.09. The summed E-state index contributed by atoms with van der Waals surface area (Å²) in [5.74, 6) is -1.20. The molecule has 10 heteroatoms. The van der Waals surface area contributed by atoms with Crippen LogP contribution in [0.3, 0.4) is 0 Å². The average molecular weight is 473 g/mol. The van der Waals surface area contributed by atoms with Crippen LogP contribution in [0.25, 0.3) is 0 Å². The maximum absolute atomic E-state index is 11.5. The lowest BCUT2D eigenvalue weighted by molar-refractivity contribution is -0.404. The number of aliphatic hydroxyl groups is 2. The van der Waals surface area contributed by atoms with E-state index >= 15 is 0 Å². The van der Waals surface area contributed by atoms with Crippen LogP contribution >= 0.6 is 0 Å². The second-order valence-corrected chi connectivity index (χ2v) is 9.90. The molecule has 190 valence electrons. The summed E-state index contributed by atoms with van der Waals surface area (Å²) in [4.78, 5) is 34.5. The van der Waals surface area contributed by atoms with Crippen molar-refractivity contribution in [2.75, 3.05) is 26.4 Å². The normalized spacial score (nSPS) is 19.5. The Morgan fingerprint density at radius 1 is 0.879 bits per heavy atom. The van der Waals surface area contributed by atoms with Crippen LogP contribution in [0.5, 0.6) is 0 Å². The van der Waals surface area contributed by atoms with Crippen LogP contribution in [0.2, 0.25) is 0 Å². The van der Waals surface area contributed by atoms with Crippen LogP contribution < -0.4 is 5.32 Å². The molecule has 1 aliphatic heterocycles. The summed E-state index contributed by atoms with van der Waals surface area (Å²) in [7, 11) is 0. The second-order valence-electron chi connectivity index (χ2n) is 9.90. The SMILES string of the molecule is C=C(C)C(=O)OCC(O)CON(OCC(O)COC(=O)C(=C)C)C1CC(C)(C)NC(C)(C)C1. The van der Waals surface area contributed by atoms with Crippen molar-refractivity contribution in [1.29, 1.82) is 0 Å². The zero-order valence-corrected chi connectivity index (χ0v) is 20.7. The maximum atomic E-state index is 11.5. The predicted octanol–water partition coefficient (Wildman–Crippen LogP) is 1.42. The van der Waals surface area contributed by atoms with E-state index in [0.29, 0.717) is 12.8 Å². The number of ether oxygens (including phenoxy) is 2. The summed E-state index contributed by atoms with van der Waals surface area (Å²) in [6.45, 7) is 17.4. The van der Waals surface area contributed by atoms with Crippen LogP contribution in [-0.2, 0) is 28.7 Å². The number of hydroxylamine groups is 2. The van der Waals surface area contributed by atoms with Crippen molar-refractivity contribution in [1.82, 2.24) is 10.5 Å². The Labute approximate surface area is 196 Å². The van der Waals surface area contributed by atoms with Crippen molar-refractivity contribution in [2.45, 2.75) is 83.7 Å². The van der Waals surface area contributed by atoms with E-state index in [1.807, 2.05) is 0 Å². The number of nitrogens with zero attached hydrogens (tertiary/aromatic N) is 1. The van der Waals surface area contributed by atoms with Crippen molar-refractivity contribution in [3.63, 3.8) is 0 Å². The molecular weight excluding hydrogens is 432 g/mol.